The van der Waals surface area contributed by atoms with Gasteiger partial charge in [-0.1, -0.05) is 12.1 Å². The molecule has 0 aromatic heterocycles. The number of amides is 5. The molecule has 2 aromatic rings. The summed E-state index contributed by atoms with van der Waals surface area (Å²) in [6, 6.07) is 4.13. The standard InChI is InChI=1S/C42H49N5O16/c1-19-38-22(46-13-14-60-40(59-3)39(46)63-38)15-29(61-19)62-24-17-42(57,41(56)44-11-10-43-26(49)18-45-25(48)9-12-47-27(50)7-8-28(47)51)16-21-31(24)37(55)33-32(35(21)53)34(52)20-5-4-6-23(58-2)30(20)36(33)54/h4-6,19,22,24,29,38-40,53,55,57H,7-18H2,1-3H3,(H,43,49)(H,44,56)(H,45,48)/t19-,22-,24-,29-,38+,39+,40-,42-/m0/s1. The third kappa shape index (κ3) is 8.02. The third-order valence-electron chi connectivity index (χ3n) is 12.5. The molecule has 4 saturated heterocycles. The minimum atomic E-state index is -2.34. The number of nitrogens with one attached hydrogen (secondary N) is 3. The highest BCUT2D eigenvalue weighted by atomic mass is 16.7. The Morgan fingerprint density at radius 3 is 2.38 bits per heavy atom. The molecule has 0 bridgehead atoms. The van der Waals surface area contributed by atoms with Gasteiger partial charge in [0, 0.05) is 94.5 Å². The number of hydrogen-bond donors (Lipinski definition) is 6. The second-order valence-corrected chi connectivity index (χ2v) is 16.3. The van der Waals surface area contributed by atoms with Crippen LogP contribution >= 0.6 is 0 Å². The summed E-state index contributed by atoms with van der Waals surface area (Å²) in [7, 11) is 2.84. The molecule has 6 N–H and O–H groups in total. The Balaban J connectivity index is 1.000. The highest BCUT2D eigenvalue weighted by molar-refractivity contribution is 6.31. The lowest BCUT2D eigenvalue weighted by Crippen LogP contribution is -2.55. The highest BCUT2D eigenvalue weighted by Gasteiger charge is 2.55. The van der Waals surface area contributed by atoms with Crippen molar-refractivity contribution >= 4 is 41.1 Å². The number of phenols is 2. The molecule has 8 rings (SSSR count). The normalized spacial score (nSPS) is 28.7. The molecular formula is C42H49N5O16. The van der Waals surface area contributed by atoms with Crippen molar-refractivity contribution in [2.75, 3.05) is 53.6 Å². The van der Waals surface area contributed by atoms with Crippen LogP contribution in [0.1, 0.15) is 88.1 Å². The number of benzene rings is 2. The lowest BCUT2D eigenvalue weighted by Gasteiger charge is -2.43. The Hall–Kier alpha value is -5.55. The van der Waals surface area contributed by atoms with Crippen LogP contribution in [0.15, 0.2) is 18.2 Å². The fourth-order valence-corrected chi connectivity index (χ4v) is 9.46. The number of phenolic OH excluding ortho intramolecular Hbond substituents is 2. The highest BCUT2D eigenvalue weighted by Crippen LogP contribution is 2.53. The number of aliphatic hydroxyl groups is 1. The lowest BCUT2D eigenvalue weighted by atomic mass is 9.72. The summed E-state index contributed by atoms with van der Waals surface area (Å²) in [6.07, 6.45) is -5.38. The van der Waals surface area contributed by atoms with Gasteiger partial charge in [-0.3, -0.25) is 43.4 Å². The molecule has 4 aliphatic heterocycles. The van der Waals surface area contributed by atoms with Crippen LogP contribution in [0.4, 0.5) is 0 Å². The second kappa shape index (κ2) is 17.5. The van der Waals surface area contributed by atoms with E-state index in [0.29, 0.717) is 13.2 Å². The monoisotopic (exact) mass is 879 g/mol. The summed E-state index contributed by atoms with van der Waals surface area (Å²) in [6.45, 7) is 1.87. The number of ether oxygens (including phenoxy) is 6. The number of rotatable bonds is 13. The molecule has 338 valence electrons. The van der Waals surface area contributed by atoms with Crippen molar-refractivity contribution in [1.82, 2.24) is 25.8 Å². The number of likely N-dealkylation sites (tertiary alicyclic amines) is 1. The molecule has 63 heavy (non-hydrogen) atoms. The van der Waals surface area contributed by atoms with E-state index in [1.165, 1.54) is 32.4 Å². The zero-order valence-electron chi connectivity index (χ0n) is 34.8. The summed E-state index contributed by atoms with van der Waals surface area (Å²) in [5, 5.41) is 43.6. The van der Waals surface area contributed by atoms with Crippen molar-refractivity contribution in [3.8, 4) is 17.2 Å². The van der Waals surface area contributed by atoms with Crippen LogP contribution in [0, 0.1) is 0 Å². The summed E-state index contributed by atoms with van der Waals surface area (Å²) in [5.74, 6) is -5.71. The topological polar surface area (TPSA) is 278 Å². The van der Waals surface area contributed by atoms with Gasteiger partial charge in [-0.05, 0) is 13.0 Å². The molecule has 0 unspecified atom stereocenters. The van der Waals surface area contributed by atoms with Gasteiger partial charge in [0.25, 0.3) is 5.91 Å². The number of aromatic hydroxyl groups is 2. The molecule has 5 amide bonds. The van der Waals surface area contributed by atoms with Gasteiger partial charge in [0.05, 0.1) is 49.2 Å². The first-order valence-corrected chi connectivity index (χ1v) is 20.8. The Morgan fingerprint density at radius 1 is 0.921 bits per heavy atom. The molecule has 21 nitrogen and oxygen atoms in total. The predicted octanol–water partition coefficient (Wildman–Crippen LogP) is -0.962. The van der Waals surface area contributed by atoms with Crippen molar-refractivity contribution in [3.05, 3.63) is 51.6 Å². The van der Waals surface area contributed by atoms with Gasteiger partial charge in [0.1, 0.15) is 29.0 Å². The minimum absolute atomic E-state index is 0.0772. The fourth-order valence-electron chi connectivity index (χ4n) is 9.46. The number of carbonyl (C=O) groups is 7. The molecule has 0 saturated carbocycles. The van der Waals surface area contributed by atoms with Crippen molar-refractivity contribution in [3.63, 3.8) is 0 Å². The minimum Gasteiger partial charge on any atom is -0.507 e. The number of carbonyl (C=O) groups excluding carboxylic acids is 7. The first-order valence-electron chi connectivity index (χ1n) is 20.8. The van der Waals surface area contributed by atoms with Crippen molar-refractivity contribution in [2.24, 2.45) is 0 Å². The second-order valence-electron chi connectivity index (χ2n) is 16.3. The first kappa shape index (κ1) is 44.1. The smallest absolute Gasteiger partial charge is 0.252 e. The van der Waals surface area contributed by atoms with Gasteiger partial charge in [0.2, 0.25) is 29.4 Å². The molecule has 6 aliphatic rings. The van der Waals surface area contributed by atoms with E-state index in [4.69, 9.17) is 28.4 Å². The van der Waals surface area contributed by atoms with Crippen LogP contribution in [0.2, 0.25) is 0 Å². The van der Waals surface area contributed by atoms with Gasteiger partial charge < -0.3 is 59.7 Å². The Bertz CT molecular complexity index is 2240. The van der Waals surface area contributed by atoms with Gasteiger partial charge >= 0.3 is 0 Å². The number of ketones is 2. The summed E-state index contributed by atoms with van der Waals surface area (Å²) < 4.78 is 35.8. The molecule has 8 atom stereocenters. The number of nitrogens with zero attached hydrogens (tertiary/aromatic N) is 2. The molecule has 4 heterocycles. The molecule has 0 spiro atoms. The van der Waals surface area contributed by atoms with Crippen molar-refractivity contribution < 1.29 is 77.3 Å². The average Bonchev–Trinajstić information content (AvgIpc) is 3.81. The van der Waals surface area contributed by atoms with E-state index >= 15 is 0 Å². The Morgan fingerprint density at radius 2 is 1.65 bits per heavy atom. The SMILES string of the molecule is COc1cccc2c1C(=O)c1c(O)c3c(c(O)c1C2=O)C[C@@](O)(C(=O)NCCNC(=O)CNC(=O)CCN1C(=O)CCC1=O)C[C@@H]3O[C@H]1C[C@H]2[C@H](O[C@@H]3[C@@H](OC)OCCN32)[C@H](C)O1. The number of morpholine rings is 1. The maximum Gasteiger partial charge on any atom is 0.252 e. The number of imide groups is 1. The van der Waals surface area contributed by atoms with Crippen molar-refractivity contribution in [2.45, 2.75) is 94.2 Å². The van der Waals surface area contributed by atoms with E-state index < -0.39 is 114 Å². The largest absolute Gasteiger partial charge is 0.507 e. The number of fused-ring (bicyclic) bond motifs is 6. The average molecular weight is 880 g/mol. The quantitative estimate of drug-likeness (QED) is 0.0685. The summed E-state index contributed by atoms with van der Waals surface area (Å²) in [4.78, 5) is 93.4. The van der Waals surface area contributed by atoms with E-state index in [9.17, 15) is 48.9 Å². The van der Waals surface area contributed by atoms with E-state index in [-0.39, 0.29) is 91.2 Å². The predicted molar refractivity (Wildman–Crippen MR) is 211 cm³/mol. The Kier molecular flexibility index (Phi) is 12.3. The van der Waals surface area contributed by atoms with E-state index in [2.05, 4.69) is 20.9 Å². The molecule has 2 aromatic carbocycles. The van der Waals surface area contributed by atoms with Crippen LogP contribution in [0.5, 0.6) is 17.2 Å². The van der Waals surface area contributed by atoms with E-state index in [1.54, 1.807) is 6.92 Å². The van der Waals surface area contributed by atoms with Crippen LogP contribution in [-0.2, 0) is 54.1 Å². The molecular weight excluding hydrogens is 830 g/mol. The van der Waals surface area contributed by atoms with Crippen molar-refractivity contribution in [1.29, 1.82) is 0 Å². The molecule has 4 fully saturated rings. The number of hydrogen-bond acceptors (Lipinski definition) is 17. The first-order chi connectivity index (χ1) is 30.1. The molecule has 21 heteroatoms. The molecule has 2 aliphatic carbocycles. The van der Waals surface area contributed by atoms with Gasteiger partial charge in [-0.15, -0.1) is 0 Å². The summed E-state index contributed by atoms with van der Waals surface area (Å²) in [5.41, 5.74) is -3.82. The summed E-state index contributed by atoms with van der Waals surface area (Å²) >= 11 is 0. The zero-order valence-corrected chi connectivity index (χ0v) is 34.8. The van der Waals surface area contributed by atoms with E-state index in [0.717, 1.165) is 4.90 Å². The van der Waals surface area contributed by atoms with Gasteiger partial charge in [0.15, 0.2) is 24.6 Å². The maximum absolute atomic E-state index is 14.1. The number of methoxy groups -OCH3 is 2. The third-order valence-corrected chi connectivity index (χ3v) is 12.5. The molecule has 0 radical (unpaired) electrons. The van der Waals surface area contributed by atoms with Crippen LogP contribution in [-0.4, -0.2) is 162 Å². The Labute approximate surface area is 360 Å². The van der Waals surface area contributed by atoms with E-state index in [1.807, 2.05) is 0 Å². The lowest BCUT2D eigenvalue weighted by molar-refractivity contribution is -0.256. The maximum atomic E-state index is 14.1. The fraction of sp³-hybridized carbons (Fsp3) is 0.548. The zero-order chi connectivity index (χ0) is 44.9. The van der Waals surface area contributed by atoms with Gasteiger partial charge in [-0.2, -0.15) is 0 Å². The van der Waals surface area contributed by atoms with Gasteiger partial charge in [-0.25, -0.2) is 0 Å². The van der Waals surface area contributed by atoms with Crippen LogP contribution in [0.25, 0.3) is 0 Å². The van der Waals surface area contributed by atoms with Crippen LogP contribution in [0.3, 0.4) is 0 Å². The van der Waals surface area contributed by atoms with Crippen LogP contribution < -0.4 is 20.7 Å².